The van der Waals surface area contributed by atoms with Crippen LogP contribution in [0.1, 0.15) is 20.8 Å². The number of hydrogen-bond donors (Lipinski definition) is 0. The summed E-state index contributed by atoms with van der Waals surface area (Å²) < 4.78 is 5.71. The van der Waals surface area contributed by atoms with Crippen molar-refractivity contribution in [3.63, 3.8) is 0 Å². The van der Waals surface area contributed by atoms with Crippen LogP contribution in [0.4, 0.5) is 0 Å². The summed E-state index contributed by atoms with van der Waals surface area (Å²) in [5, 5.41) is 0.642. The van der Waals surface area contributed by atoms with Crippen LogP contribution < -0.4 is 4.74 Å². The summed E-state index contributed by atoms with van der Waals surface area (Å²) in [4.78, 5) is 16.5. The number of carbonyl (C=O) groups excluding carboxylic acids is 1. The predicted octanol–water partition coefficient (Wildman–Crippen LogP) is 2.91. The second kappa shape index (κ2) is 7.34. The summed E-state index contributed by atoms with van der Waals surface area (Å²) in [5.74, 6) is 0.963. The third-order valence-corrected chi connectivity index (χ3v) is 4.12. The Hall–Kier alpha value is -1.26. The van der Waals surface area contributed by atoms with Crippen molar-refractivity contribution in [2.45, 2.75) is 20.8 Å². The van der Waals surface area contributed by atoms with E-state index in [1.54, 1.807) is 0 Å². The lowest BCUT2D eigenvalue weighted by Gasteiger charge is -2.37. The maximum Gasteiger partial charge on any atom is 0.228 e. The van der Waals surface area contributed by atoms with E-state index >= 15 is 0 Å². The minimum Gasteiger partial charge on any atom is -0.491 e. The fraction of sp³-hybridized carbons (Fsp3) is 0.588. The lowest BCUT2D eigenvalue weighted by molar-refractivity contribution is -0.141. The van der Waals surface area contributed by atoms with Gasteiger partial charge in [-0.2, -0.15) is 0 Å². The van der Waals surface area contributed by atoms with Crippen LogP contribution in [0.25, 0.3) is 0 Å². The molecule has 22 heavy (non-hydrogen) atoms. The van der Waals surface area contributed by atoms with E-state index in [1.807, 2.05) is 49.9 Å². The van der Waals surface area contributed by atoms with E-state index in [0.717, 1.165) is 38.5 Å². The molecule has 122 valence electrons. The zero-order valence-corrected chi connectivity index (χ0v) is 14.4. The highest BCUT2D eigenvalue weighted by atomic mass is 35.5. The van der Waals surface area contributed by atoms with E-state index in [1.165, 1.54) is 0 Å². The second-order valence-electron chi connectivity index (χ2n) is 6.66. The molecule has 0 unspecified atom stereocenters. The molecule has 0 N–H and O–H groups in total. The van der Waals surface area contributed by atoms with Crippen molar-refractivity contribution in [2.24, 2.45) is 5.41 Å². The summed E-state index contributed by atoms with van der Waals surface area (Å²) >= 11 is 6.06. The second-order valence-corrected chi connectivity index (χ2v) is 7.07. The third-order valence-electron chi connectivity index (χ3n) is 3.80. The van der Waals surface area contributed by atoms with Gasteiger partial charge in [0.25, 0.3) is 0 Å². The minimum atomic E-state index is -0.296. The fourth-order valence-corrected chi connectivity index (χ4v) is 2.69. The lowest BCUT2D eigenvalue weighted by atomic mass is 9.94. The van der Waals surface area contributed by atoms with Crippen LogP contribution in [0.3, 0.4) is 0 Å². The van der Waals surface area contributed by atoms with Crippen molar-refractivity contribution in [2.75, 3.05) is 39.3 Å². The first kappa shape index (κ1) is 17.1. The highest BCUT2D eigenvalue weighted by Crippen LogP contribution is 2.23. The van der Waals surface area contributed by atoms with Crippen LogP contribution in [-0.2, 0) is 4.79 Å². The molecular formula is C17H25ClN2O2. The molecule has 0 aromatic heterocycles. The van der Waals surface area contributed by atoms with E-state index < -0.39 is 0 Å². The first-order valence-electron chi connectivity index (χ1n) is 7.77. The number of benzene rings is 1. The van der Waals surface area contributed by atoms with Gasteiger partial charge in [-0.25, -0.2) is 0 Å². The summed E-state index contributed by atoms with van der Waals surface area (Å²) in [6.07, 6.45) is 0. The van der Waals surface area contributed by atoms with Gasteiger partial charge in [-0.1, -0.05) is 44.5 Å². The zero-order chi connectivity index (χ0) is 16.2. The molecule has 1 amide bonds. The number of nitrogens with zero attached hydrogens (tertiary/aromatic N) is 2. The van der Waals surface area contributed by atoms with E-state index in [4.69, 9.17) is 16.3 Å². The molecule has 0 bridgehead atoms. The number of para-hydroxylation sites is 1. The number of ether oxygens (including phenoxy) is 1. The Bertz CT molecular complexity index is 506. The molecular weight excluding hydrogens is 300 g/mol. The number of halogens is 1. The largest absolute Gasteiger partial charge is 0.491 e. The normalized spacial score (nSPS) is 16.6. The monoisotopic (exact) mass is 324 g/mol. The van der Waals surface area contributed by atoms with Crippen LogP contribution in [0.2, 0.25) is 5.02 Å². The van der Waals surface area contributed by atoms with Crippen molar-refractivity contribution in [1.29, 1.82) is 0 Å². The third kappa shape index (κ3) is 4.62. The molecule has 1 heterocycles. The van der Waals surface area contributed by atoms with Crippen LogP contribution in [0.15, 0.2) is 24.3 Å². The van der Waals surface area contributed by atoms with Gasteiger partial charge < -0.3 is 9.64 Å². The first-order chi connectivity index (χ1) is 10.4. The van der Waals surface area contributed by atoms with Crippen molar-refractivity contribution in [3.05, 3.63) is 29.3 Å². The quantitative estimate of drug-likeness (QED) is 0.853. The number of piperazine rings is 1. The molecule has 4 nitrogen and oxygen atoms in total. The van der Waals surface area contributed by atoms with Crippen LogP contribution in [0, 0.1) is 5.41 Å². The van der Waals surface area contributed by atoms with E-state index in [-0.39, 0.29) is 11.3 Å². The van der Waals surface area contributed by atoms with Gasteiger partial charge in [0.2, 0.25) is 5.91 Å². The van der Waals surface area contributed by atoms with Crippen molar-refractivity contribution >= 4 is 17.5 Å². The van der Waals surface area contributed by atoms with Gasteiger partial charge in [-0.05, 0) is 12.1 Å². The van der Waals surface area contributed by atoms with E-state index in [2.05, 4.69) is 4.90 Å². The number of hydrogen-bond acceptors (Lipinski definition) is 3. The molecule has 1 aromatic carbocycles. The molecule has 1 aliphatic rings. The first-order valence-corrected chi connectivity index (χ1v) is 8.15. The number of carbonyl (C=O) groups is 1. The Balaban J connectivity index is 1.72. The molecule has 2 rings (SSSR count). The Morgan fingerprint density at radius 1 is 1.18 bits per heavy atom. The molecule has 1 fully saturated rings. The minimum absolute atomic E-state index is 0.236. The van der Waals surface area contributed by atoms with Crippen molar-refractivity contribution in [1.82, 2.24) is 9.80 Å². The molecule has 0 saturated carbocycles. The maximum atomic E-state index is 12.2. The smallest absolute Gasteiger partial charge is 0.228 e. The van der Waals surface area contributed by atoms with Crippen molar-refractivity contribution in [3.8, 4) is 5.75 Å². The summed E-state index contributed by atoms with van der Waals surface area (Å²) in [6.45, 7) is 10.8. The Morgan fingerprint density at radius 2 is 1.82 bits per heavy atom. The van der Waals surface area contributed by atoms with Gasteiger partial charge in [-0.15, -0.1) is 0 Å². The van der Waals surface area contributed by atoms with Crippen molar-refractivity contribution < 1.29 is 9.53 Å². The highest BCUT2D eigenvalue weighted by Gasteiger charge is 2.29. The lowest BCUT2D eigenvalue weighted by Crippen LogP contribution is -2.52. The van der Waals surface area contributed by atoms with Gasteiger partial charge in [0.1, 0.15) is 12.4 Å². The fourth-order valence-electron chi connectivity index (χ4n) is 2.50. The Morgan fingerprint density at radius 3 is 2.41 bits per heavy atom. The van der Waals surface area contributed by atoms with Crippen LogP contribution in [-0.4, -0.2) is 55.0 Å². The predicted molar refractivity (Wildman–Crippen MR) is 89.4 cm³/mol. The SMILES string of the molecule is CC(C)(C)C(=O)N1CCN(CCOc2ccccc2Cl)CC1. The van der Waals surface area contributed by atoms with Gasteiger partial charge in [-0.3, -0.25) is 9.69 Å². The number of amides is 1. The Kier molecular flexibility index (Phi) is 5.70. The molecule has 1 aromatic rings. The molecule has 1 saturated heterocycles. The molecule has 0 aliphatic carbocycles. The number of rotatable bonds is 4. The molecule has 5 heteroatoms. The van der Waals surface area contributed by atoms with Gasteiger partial charge in [0.15, 0.2) is 0 Å². The summed E-state index contributed by atoms with van der Waals surface area (Å²) in [6, 6.07) is 7.51. The topological polar surface area (TPSA) is 32.8 Å². The molecule has 0 radical (unpaired) electrons. The van der Waals surface area contributed by atoms with Gasteiger partial charge in [0.05, 0.1) is 5.02 Å². The average molecular weight is 325 g/mol. The molecule has 1 aliphatic heterocycles. The van der Waals surface area contributed by atoms with Gasteiger partial charge in [0, 0.05) is 38.1 Å². The highest BCUT2D eigenvalue weighted by molar-refractivity contribution is 6.32. The van der Waals surface area contributed by atoms with Crippen LogP contribution >= 0.6 is 11.6 Å². The van der Waals surface area contributed by atoms with E-state index in [9.17, 15) is 4.79 Å². The van der Waals surface area contributed by atoms with E-state index in [0.29, 0.717) is 11.6 Å². The molecule has 0 atom stereocenters. The zero-order valence-electron chi connectivity index (χ0n) is 13.6. The summed E-state index contributed by atoms with van der Waals surface area (Å²) in [5.41, 5.74) is -0.296. The standard InChI is InChI=1S/C17H25ClN2O2/c1-17(2,3)16(21)20-10-8-19(9-11-20)12-13-22-15-7-5-4-6-14(15)18/h4-7H,8-13H2,1-3H3. The summed E-state index contributed by atoms with van der Waals surface area (Å²) in [7, 11) is 0. The average Bonchev–Trinajstić information content (AvgIpc) is 2.48. The maximum absolute atomic E-state index is 12.2. The Labute approximate surface area is 138 Å². The molecule has 0 spiro atoms. The van der Waals surface area contributed by atoms with Crippen LogP contribution in [0.5, 0.6) is 5.75 Å². The van der Waals surface area contributed by atoms with Gasteiger partial charge >= 0.3 is 0 Å².